The second-order valence-corrected chi connectivity index (χ2v) is 6.11. The number of imidazole rings is 2. The summed E-state index contributed by atoms with van der Waals surface area (Å²) in [5.74, 6) is 1.23. The zero-order chi connectivity index (χ0) is 17.6. The van der Waals surface area contributed by atoms with E-state index in [1.165, 1.54) is 0 Å². The Morgan fingerprint density at radius 1 is 1.28 bits per heavy atom. The molecule has 0 radical (unpaired) electrons. The van der Waals surface area contributed by atoms with Crippen LogP contribution < -0.4 is 5.73 Å². The van der Waals surface area contributed by atoms with Gasteiger partial charge in [0.05, 0.1) is 6.20 Å². The summed E-state index contributed by atoms with van der Waals surface area (Å²) in [7, 11) is 0. The molecule has 0 aliphatic rings. The number of H-pyrrole nitrogens is 1. The zero-order valence-electron chi connectivity index (χ0n) is 14.4. The molecule has 3 aromatic rings. The minimum Gasteiger partial charge on any atom is -0.368 e. The van der Waals surface area contributed by atoms with Crippen LogP contribution in [0.5, 0.6) is 0 Å². The van der Waals surface area contributed by atoms with Gasteiger partial charge in [0.1, 0.15) is 17.6 Å². The fourth-order valence-corrected chi connectivity index (χ4v) is 2.89. The van der Waals surface area contributed by atoms with Crippen molar-refractivity contribution in [2.24, 2.45) is 5.73 Å². The monoisotopic (exact) mass is 337 g/mol. The smallest absolute Gasteiger partial charge is 0.240 e. The number of benzene rings is 1. The molecule has 0 spiro atoms. The topological polar surface area (TPSA) is 89.6 Å². The lowest BCUT2D eigenvalue weighted by molar-refractivity contribution is -0.121. The van der Waals surface area contributed by atoms with Gasteiger partial charge in [0, 0.05) is 25.2 Å². The van der Waals surface area contributed by atoms with E-state index < -0.39 is 6.04 Å². The number of carbonyl (C=O) groups excluding carboxylic acids is 1. The maximum absolute atomic E-state index is 12.1. The van der Waals surface area contributed by atoms with E-state index in [0.717, 1.165) is 36.3 Å². The molecule has 6 heteroatoms. The van der Waals surface area contributed by atoms with Crippen LogP contribution in [0.25, 0.3) is 11.5 Å². The van der Waals surface area contributed by atoms with E-state index in [4.69, 9.17) is 5.73 Å². The number of aromatic nitrogens is 4. The molecule has 0 bridgehead atoms. The predicted molar refractivity (Wildman–Crippen MR) is 96.8 cm³/mol. The Morgan fingerprint density at radius 2 is 2.08 bits per heavy atom. The minimum atomic E-state index is -0.498. The van der Waals surface area contributed by atoms with Crippen molar-refractivity contribution in [1.29, 1.82) is 0 Å². The molecule has 6 nitrogen and oxygen atoms in total. The van der Waals surface area contributed by atoms with Crippen LogP contribution in [0.2, 0.25) is 0 Å². The molecule has 2 aromatic heterocycles. The van der Waals surface area contributed by atoms with E-state index in [1.807, 2.05) is 34.9 Å². The van der Waals surface area contributed by atoms with E-state index in [2.05, 4.69) is 21.9 Å². The highest BCUT2D eigenvalue weighted by Crippen LogP contribution is 2.23. The summed E-state index contributed by atoms with van der Waals surface area (Å²) in [6.45, 7) is 2.15. The molecule has 0 fully saturated rings. The highest BCUT2D eigenvalue weighted by atomic mass is 16.1. The lowest BCUT2D eigenvalue weighted by Gasteiger charge is -2.17. The Balaban J connectivity index is 1.87. The zero-order valence-corrected chi connectivity index (χ0v) is 14.4. The molecule has 1 aromatic carbocycles. The second-order valence-electron chi connectivity index (χ2n) is 6.11. The van der Waals surface area contributed by atoms with E-state index in [-0.39, 0.29) is 5.91 Å². The molecule has 1 atom stereocenters. The van der Waals surface area contributed by atoms with Gasteiger partial charge < -0.3 is 15.3 Å². The van der Waals surface area contributed by atoms with Crippen LogP contribution in [0.15, 0.2) is 48.9 Å². The van der Waals surface area contributed by atoms with Crippen LogP contribution in [-0.2, 0) is 17.6 Å². The summed E-state index contributed by atoms with van der Waals surface area (Å²) in [5, 5.41) is 0. The number of amides is 1. The lowest BCUT2D eigenvalue weighted by atomic mass is 10.1. The first kappa shape index (κ1) is 17.0. The van der Waals surface area contributed by atoms with Gasteiger partial charge >= 0.3 is 0 Å². The lowest BCUT2D eigenvalue weighted by Crippen LogP contribution is -2.28. The third kappa shape index (κ3) is 3.96. The Labute approximate surface area is 147 Å². The number of unbranched alkanes of at least 4 members (excludes halogenated alkanes) is 1. The predicted octanol–water partition coefficient (Wildman–Crippen LogP) is 2.88. The molecule has 3 N–H and O–H groups in total. The van der Waals surface area contributed by atoms with Gasteiger partial charge in [-0.3, -0.25) is 4.79 Å². The maximum atomic E-state index is 12.1. The van der Waals surface area contributed by atoms with Crippen molar-refractivity contribution in [2.45, 2.75) is 38.6 Å². The number of hydrogen-bond donors (Lipinski definition) is 2. The van der Waals surface area contributed by atoms with Gasteiger partial charge in [-0.2, -0.15) is 0 Å². The molecule has 0 unspecified atom stereocenters. The number of carbonyl (C=O) groups is 1. The molecule has 0 saturated carbocycles. The van der Waals surface area contributed by atoms with Crippen molar-refractivity contribution in [2.75, 3.05) is 0 Å². The van der Waals surface area contributed by atoms with Gasteiger partial charge in [-0.1, -0.05) is 43.7 Å². The maximum Gasteiger partial charge on any atom is 0.240 e. The number of aryl methyl sites for hydroxylation is 1. The van der Waals surface area contributed by atoms with Crippen LogP contribution in [0.3, 0.4) is 0 Å². The average molecular weight is 337 g/mol. The summed E-state index contributed by atoms with van der Waals surface area (Å²) >= 11 is 0. The van der Waals surface area contributed by atoms with Crippen molar-refractivity contribution in [3.8, 4) is 11.5 Å². The van der Waals surface area contributed by atoms with E-state index in [9.17, 15) is 4.79 Å². The van der Waals surface area contributed by atoms with Crippen LogP contribution in [0, 0.1) is 0 Å². The Morgan fingerprint density at radius 3 is 2.80 bits per heavy atom. The molecule has 3 rings (SSSR count). The van der Waals surface area contributed by atoms with Crippen molar-refractivity contribution in [3.63, 3.8) is 0 Å². The van der Waals surface area contributed by atoms with E-state index in [1.54, 1.807) is 18.6 Å². The molecular weight excluding hydrogens is 314 g/mol. The summed E-state index contributed by atoms with van der Waals surface area (Å²) in [4.78, 5) is 24.2. The van der Waals surface area contributed by atoms with Crippen LogP contribution in [-0.4, -0.2) is 25.4 Å². The van der Waals surface area contributed by atoms with Gasteiger partial charge in [-0.15, -0.1) is 0 Å². The second kappa shape index (κ2) is 7.79. The van der Waals surface area contributed by atoms with Crippen LogP contribution in [0.1, 0.15) is 37.2 Å². The Kier molecular flexibility index (Phi) is 5.28. The van der Waals surface area contributed by atoms with Gasteiger partial charge in [0.2, 0.25) is 5.91 Å². The fraction of sp³-hybridized carbons (Fsp3) is 0.316. The molecule has 0 saturated heterocycles. The van der Waals surface area contributed by atoms with Crippen molar-refractivity contribution < 1.29 is 4.79 Å². The summed E-state index contributed by atoms with van der Waals surface area (Å²) < 4.78 is 1.83. The third-order valence-electron chi connectivity index (χ3n) is 4.24. The molecular formula is C19H23N5O. The molecule has 2 heterocycles. The summed E-state index contributed by atoms with van der Waals surface area (Å²) in [6, 6.07) is 9.35. The summed E-state index contributed by atoms with van der Waals surface area (Å²) in [6.07, 6.45) is 8.87. The SMILES string of the molecule is CCCCc1ncc(-c2nccn2[C@@H](Cc2ccccc2)C(N)=O)[nH]1. The standard InChI is InChI=1S/C19H23N5O/c1-2-3-9-17-22-13-15(23-17)19-21-10-11-24(19)16(18(20)25)12-14-7-5-4-6-8-14/h4-8,10-11,13,16H,2-3,9,12H2,1H3,(H2,20,25)(H,22,23)/t16-/m0/s1. The number of hydrogen-bond acceptors (Lipinski definition) is 3. The van der Waals surface area contributed by atoms with Crippen LogP contribution in [0.4, 0.5) is 0 Å². The molecule has 0 aliphatic heterocycles. The van der Waals surface area contributed by atoms with Crippen LogP contribution >= 0.6 is 0 Å². The van der Waals surface area contributed by atoms with Crippen molar-refractivity contribution >= 4 is 5.91 Å². The van der Waals surface area contributed by atoms with Crippen molar-refractivity contribution in [3.05, 3.63) is 60.3 Å². The summed E-state index contributed by atoms with van der Waals surface area (Å²) in [5.41, 5.74) is 7.54. The number of nitrogens with two attached hydrogens (primary N) is 1. The largest absolute Gasteiger partial charge is 0.368 e. The molecule has 130 valence electrons. The fourth-order valence-electron chi connectivity index (χ4n) is 2.89. The number of nitrogens with one attached hydrogen (secondary N) is 1. The molecule has 25 heavy (non-hydrogen) atoms. The Bertz CT molecular complexity index is 821. The number of nitrogens with zero attached hydrogens (tertiary/aromatic N) is 3. The van der Waals surface area contributed by atoms with E-state index in [0.29, 0.717) is 12.2 Å². The van der Waals surface area contributed by atoms with Gasteiger partial charge in [0.25, 0.3) is 0 Å². The molecule has 0 aliphatic carbocycles. The quantitative estimate of drug-likeness (QED) is 0.662. The average Bonchev–Trinajstić information content (AvgIpc) is 3.27. The van der Waals surface area contributed by atoms with Crippen molar-refractivity contribution in [1.82, 2.24) is 19.5 Å². The number of rotatable bonds is 8. The Hall–Kier alpha value is -2.89. The first-order chi connectivity index (χ1) is 12.2. The number of aromatic amines is 1. The van der Waals surface area contributed by atoms with Gasteiger partial charge in [-0.25, -0.2) is 9.97 Å². The van der Waals surface area contributed by atoms with E-state index >= 15 is 0 Å². The molecule has 1 amide bonds. The normalized spacial score (nSPS) is 12.2. The highest BCUT2D eigenvalue weighted by molar-refractivity contribution is 5.79. The third-order valence-corrected chi connectivity index (χ3v) is 4.24. The van der Waals surface area contributed by atoms with Gasteiger partial charge in [0.15, 0.2) is 5.82 Å². The number of primary amides is 1. The first-order valence-electron chi connectivity index (χ1n) is 8.59. The minimum absolute atomic E-state index is 0.381. The van der Waals surface area contributed by atoms with Gasteiger partial charge in [-0.05, 0) is 12.0 Å². The first-order valence-corrected chi connectivity index (χ1v) is 8.59. The highest BCUT2D eigenvalue weighted by Gasteiger charge is 2.22.